The van der Waals surface area contributed by atoms with Crippen molar-refractivity contribution < 1.29 is 0 Å². The first-order valence-electron chi connectivity index (χ1n) is 3.99. The second-order valence-corrected chi connectivity index (χ2v) is 2.95. The van der Waals surface area contributed by atoms with Crippen molar-refractivity contribution in [3.63, 3.8) is 0 Å². The number of aromatic nitrogens is 1. The summed E-state index contributed by atoms with van der Waals surface area (Å²) >= 11 is 0. The molecule has 0 aromatic carbocycles. The minimum Gasteiger partial charge on any atom is -0.362 e. The highest BCUT2D eigenvalue weighted by Gasteiger charge is 2.02. The first kappa shape index (κ1) is 9.00. The number of aromatic amines is 1. The van der Waals surface area contributed by atoms with Crippen molar-refractivity contribution in [2.45, 2.75) is 20.4 Å². The van der Waals surface area contributed by atoms with Gasteiger partial charge in [-0.1, -0.05) is 0 Å². The van der Waals surface area contributed by atoms with Crippen LogP contribution >= 0.6 is 0 Å². The molecule has 0 spiro atoms. The van der Waals surface area contributed by atoms with Crippen LogP contribution in [0.3, 0.4) is 0 Å². The molecular weight excluding hydrogens is 152 g/mol. The Bertz CT molecular complexity index is 328. The third kappa shape index (κ3) is 1.74. The summed E-state index contributed by atoms with van der Waals surface area (Å²) in [5.41, 5.74) is 2.80. The third-order valence-corrected chi connectivity index (χ3v) is 1.84. The first-order chi connectivity index (χ1) is 5.65. The van der Waals surface area contributed by atoms with Crippen LogP contribution in [0.4, 0.5) is 0 Å². The normalized spacial score (nSPS) is 10.2. The van der Waals surface area contributed by atoms with Crippen molar-refractivity contribution in [1.82, 2.24) is 10.3 Å². The van der Waals surface area contributed by atoms with Gasteiger partial charge < -0.3 is 10.3 Å². The van der Waals surface area contributed by atoms with E-state index in [2.05, 4.69) is 10.3 Å². The van der Waals surface area contributed by atoms with Crippen LogP contribution in [0.5, 0.6) is 0 Å². The van der Waals surface area contributed by atoms with Crippen LogP contribution in [0.25, 0.3) is 0 Å². The molecule has 0 aliphatic carbocycles. The number of H-pyrrole nitrogens is 1. The maximum Gasteiger partial charge on any atom is 0.186 e. The molecule has 3 nitrogen and oxygen atoms in total. The molecule has 3 heteroatoms. The second-order valence-electron chi connectivity index (χ2n) is 2.95. The summed E-state index contributed by atoms with van der Waals surface area (Å²) in [6.07, 6.45) is 0. The lowest BCUT2D eigenvalue weighted by Crippen LogP contribution is -2.18. The van der Waals surface area contributed by atoms with E-state index >= 15 is 0 Å². The van der Waals surface area contributed by atoms with Gasteiger partial charge in [-0.15, -0.1) is 0 Å². The Morgan fingerprint density at radius 3 is 2.67 bits per heavy atom. The summed E-state index contributed by atoms with van der Waals surface area (Å²) in [7, 11) is 1.83. The maximum atomic E-state index is 11.4. The zero-order chi connectivity index (χ0) is 9.14. The topological polar surface area (TPSA) is 44.9 Å². The number of rotatable bonds is 2. The molecule has 0 amide bonds. The number of hydrogen-bond acceptors (Lipinski definition) is 2. The summed E-state index contributed by atoms with van der Waals surface area (Å²) in [6, 6.07) is 1.62. The van der Waals surface area contributed by atoms with Crippen LogP contribution in [0.2, 0.25) is 0 Å². The van der Waals surface area contributed by atoms with E-state index in [4.69, 9.17) is 0 Å². The van der Waals surface area contributed by atoms with E-state index in [9.17, 15) is 4.79 Å². The Morgan fingerprint density at radius 2 is 2.17 bits per heavy atom. The molecule has 1 rings (SSSR count). The van der Waals surface area contributed by atoms with Crippen LogP contribution in [0.1, 0.15) is 17.0 Å². The van der Waals surface area contributed by atoms with Gasteiger partial charge in [0, 0.05) is 29.6 Å². The molecule has 12 heavy (non-hydrogen) atoms. The van der Waals surface area contributed by atoms with Crippen LogP contribution in [0.15, 0.2) is 10.9 Å². The fraction of sp³-hybridized carbons (Fsp3) is 0.444. The summed E-state index contributed by atoms with van der Waals surface area (Å²) in [5, 5.41) is 2.97. The predicted molar refractivity (Wildman–Crippen MR) is 49.3 cm³/mol. The van der Waals surface area contributed by atoms with Crippen molar-refractivity contribution in [2.75, 3.05) is 7.05 Å². The average molecular weight is 166 g/mol. The molecular formula is C9H14N2O. The van der Waals surface area contributed by atoms with Gasteiger partial charge in [-0.3, -0.25) is 4.79 Å². The van der Waals surface area contributed by atoms with Crippen LogP contribution in [-0.2, 0) is 6.54 Å². The molecule has 0 fully saturated rings. The number of aryl methyl sites for hydroxylation is 2. The smallest absolute Gasteiger partial charge is 0.186 e. The van der Waals surface area contributed by atoms with Gasteiger partial charge in [0.1, 0.15) is 0 Å². The van der Waals surface area contributed by atoms with Gasteiger partial charge in [-0.2, -0.15) is 0 Å². The third-order valence-electron chi connectivity index (χ3n) is 1.84. The zero-order valence-electron chi connectivity index (χ0n) is 7.69. The maximum absolute atomic E-state index is 11.4. The molecule has 0 atom stereocenters. The number of nitrogens with one attached hydrogen (secondary N) is 2. The van der Waals surface area contributed by atoms with E-state index in [1.54, 1.807) is 6.07 Å². The molecule has 0 saturated carbocycles. The Hall–Kier alpha value is -1.09. The lowest BCUT2D eigenvalue weighted by Gasteiger charge is -2.04. The predicted octanol–water partition coefficient (Wildman–Crippen LogP) is 0.711. The summed E-state index contributed by atoms with van der Waals surface area (Å²) in [5.74, 6) is 0. The second kappa shape index (κ2) is 3.54. The van der Waals surface area contributed by atoms with E-state index in [1.807, 2.05) is 20.9 Å². The monoisotopic (exact) mass is 166 g/mol. The average Bonchev–Trinajstić information content (AvgIpc) is 1.96. The Kier molecular flexibility index (Phi) is 2.65. The van der Waals surface area contributed by atoms with Crippen LogP contribution in [-0.4, -0.2) is 12.0 Å². The first-order valence-corrected chi connectivity index (χ1v) is 3.99. The summed E-state index contributed by atoms with van der Waals surface area (Å²) < 4.78 is 0. The highest BCUT2D eigenvalue weighted by molar-refractivity contribution is 5.21. The fourth-order valence-corrected chi connectivity index (χ4v) is 1.27. The van der Waals surface area contributed by atoms with E-state index in [1.165, 1.54) is 0 Å². The van der Waals surface area contributed by atoms with Gasteiger partial charge in [-0.05, 0) is 20.9 Å². The SMILES string of the molecule is CNCc1c(C)[nH]c(C)cc1=O. The molecule has 66 valence electrons. The lowest BCUT2D eigenvalue weighted by atomic mass is 10.2. The summed E-state index contributed by atoms with van der Waals surface area (Å²) in [4.78, 5) is 14.5. The van der Waals surface area contributed by atoms with Crippen molar-refractivity contribution in [1.29, 1.82) is 0 Å². The van der Waals surface area contributed by atoms with Gasteiger partial charge in [-0.25, -0.2) is 0 Å². The molecule has 2 N–H and O–H groups in total. The van der Waals surface area contributed by atoms with Crippen molar-refractivity contribution >= 4 is 0 Å². The largest absolute Gasteiger partial charge is 0.362 e. The standard InChI is InChI=1S/C9H14N2O/c1-6-4-9(12)8(5-10-3)7(2)11-6/h4,10H,5H2,1-3H3,(H,11,12). The summed E-state index contributed by atoms with van der Waals surface area (Å²) in [6.45, 7) is 4.43. The van der Waals surface area contributed by atoms with Gasteiger partial charge in [0.15, 0.2) is 5.43 Å². The van der Waals surface area contributed by atoms with Crippen molar-refractivity contribution in [2.24, 2.45) is 0 Å². The Labute approximate surface area is 71.8 Å². The molecule has 0 radical (unpaired) electrons. The highest BCUT2D eigenvalue weighted by atomic mass is 16.1. The number of hydrogen-bond donors (Lipinski definition) is 2. The lowest BCUT2D eigenvalue weighted by molar-refractivity contribution is 0.796. The molecule has 0 aliphatic rings. The van der Waals surface area contributed by atoms with E-state index < -0.39 is 0 Å². The van der Waals surface area contributed by atoms with E-state index in [-0.39, 0.29) is 5.43 Å². The van der Waals surface area contributed by atoms with E-state index in [0.29, 0.717) is 6.54 Å². The quantitative estimate of drug-likeness (QED) is 0.679. The minimum absolute atomic E-state index is 0.109. The van der Waals surface area contributed by atoms with Crippen LogP contribution in [0, 0.1) is 13.8 Å². The minimum atomic E-state index is 0.109. The molecule has 1 aromatic heterocycles. The van der Waals surface area contributed by atoms with Gasteiger partial charge in [0.25, 0.3) is 0 Å². The highest BCUT2D eigenvalue weighted by Crippen LogP contribution is 1.99. The van der Waals surface area contributed by atoms with Crippen molar-refractivity contribution in [3.8, 4) is 0 Å². The van der Waals surface area contributed by atoms with Crippen LogP contribution < -0.4 is 10.7 Å². The van der Waals surface area contributed by atoms with Gasteiger partial charge >= 0.3 is 0 Å². The molecule has 1 aromatic rings. The van der Waals surface area contributed by atoms with Gasteiger partial charge in [0.2, 0.25) is 0 Å². The Balaban J connectivity index is 3.19. The van der Waals surface area contributed by atoms with E-state index in [0.717, 1.165) is 17.0 Å². The molecule has 0 aliphatic heterocycles. The molecule has 1 heterocycles. The Morgan fingerprint density at radius 1 is 1.50 bits per heavy atom. The van der Waals surface area contributed by atoms with Crippen molar-refractivity contribution in [3.05, 3.63) is 33.2 Å². The van der Waals surface area contributed by atoms with Gasteiger partial charge in [0.05, 0.1) is 0 Å². The zero-order valence-corrected chi connectivity index (χ0v) is 7.69. The fourth-order valence-electron chi connectivity index (χ4n) is 1.27. The molecule has 0 bridgehead atoms. The number of pyridine rings is 1. The molecule has 0 unspecified atom stereocenters. The molecule has 0 saturated heterocycles.